The van der Waals surface area contributed by atoms with E-state index in [4.69, 9.17) is 4.74 Å². The number of carbonyl (C=O) groups is 2. The Kier molecular flexibility index (Phi) is 6.96. The molecule has 6 heteroatoms. The van der Waals surface area contributed by atoms with Crippen LogP contribution in [-0.4, -0.2) is 61.1 Å². The topological polar surface area (TPSA) is 61.9 Å². The van der Waals surface area contributed by atoms with E-state index in [-0.39, 0.29) is 11.9 Å². The van der Waals surface area contributed by atoms with Crippen LogP contribution in [0.1, 0.15) is 44.1 Å². The lowest BCUT2D eigenvalue weighted by atomic mass is 9.96. The Morgan fingerprint density at radius 1 is 1.04 bits per heavy atom. The van der Waals surface area contributed by atoms with Crippen LogP contribution in [0.3, 0.4) is 0 Å². The first kappa shape index (κ1) is 19.5. The number of rotatable bonds is 5. The minimum absolute atomic E-state index is 0.0306. The molecule has 1 saturated carbocycles. The van der Waals surface area contributed by atoms with E-state index in [1.807, 2.05) is 34.1 Å². The summed E-state index contributed by atoms with van der Waals surface area (Å²) in [5, 5.41) is 3.16. The number of hydrogen-bond donors (Lipinski definition) is 1. The van der Waals surface area contributed by atoms with E-state index in [0.717, 1.165) is 24.2 Å². The second-order valence-electron chi connectivity index (χ2n) is 7.46. The van der Waals surface area contributed by atoms with Crippen molar-refractivity contribution >= 4 is 11.9 Å². The van der Waals surface area contributed by atoms with Crippen LogP contribution in [0.4, 0.5) is 4.79 Å². The molecule has 3 amide bonds. The molecule has 1 aliphatic heterocycles. The summed E-state index contributed by atoms with van der Waals surface area (Å²) >= 11 is 0. The predicted molar refractivity (Wildman–Crippen MR) is 105 cm³/mol. The number of nitrogens with zero attached hydrogens (tertiary/aromatic N) is 2. The highest BCUT2D eigenvalue weighted by molar-refractivity contribution is 5.78. The van der Waals surface area contributed by atoms with Gasteiger partial charge >= 0.3 is 6.03 Å². The molecule has 2 aliphatic rings. The first-order valence-electron chi connectivity index (χ1n) is 10.1. The number of hydrogen-bond acceptors (Lipinski definition) is 3. The molecule has 148 valence electrons. The number of piperazine rings is 1. The fourth-order valence-corrected chi connectivity index (χ4v) is 3.98. The van der Waals surface area contributed by atoms with E-state index in [1.165, 1.54) is 19.3 Å². The van der Waals surface area contributed by atoms with Crippen LogP contribution in [0.2, 0.25) is 0 Å². The quantitative estimate of drug-likeness (QED) is 0.863. The molecule has 1 aromatic carbocycles. The Morgan fingerprint density at radius 2 is 1.70 bits per heavy atom. The van der Waals surface area contributed by atoms with Gasteiger partial charge in [-0.2, -0.15) is 0 Å². The van der Waals surface area contributed by atoms with Gasteiger partial charge in [0.05, 0.1) is 7.11 Å². The average molecular weight is 373 g/mol. The summed E-state index contributed by atoms with van der Waals surface area (Å²) in [4.78, 5) is 28.7. The Bertz CT molecular complexity index is 635. The number of carbonyl (C=O) groups excluding carboxylic acids is 2. The molecule has 1 N–H and O–H groups in total. The maximum atomic E-state index is 12.5. The van der Waals surface area contributed by atoms with Gasteiger partial charge in [0, 0.05) is 38.6 Å². The lowest BCUT2D eigenvalue weighted by Crippen LogP contribution is -2.54. The standard InChI is InChI=1S/C21H31N3O3/c1-27-19-10-6-5-7-17(19)11-12-20(25)23-13-15-24(16-14-23)21(26)22-18-8-3-2-4-9-18/h5-7,10,18H,2-4,8-9,11-16H2,1H3,(H,22,26). The number of aryl methyl sites for hydroxylation is 1. The molecule has 0 radical (unpaired) electrons. The monoisotopic (exact) mass is 373 g/mol. The lowest BCUT2D eigenvalue weighted by molar-refractivity contribution is -0.132. The molecule has 27 heavy (non-hydrogen) atoms. The summed E-state index contributed by atoms with van der Waals surface area (Å²) in [6, 6.07) is 8.17. The fourth-order valence-electron chi connectivity index (χ4n) is 3.98. The zero-order valence-corrected chi connectivity index (χ0v) is 16.3. The minimum Gasteiger partial charge on any atom is -0.496 e. The summed E-state index contributed by atoms with van der Waals surface area (Å²) in [5.74, 6) is 0.975. The van der Waals surface area contributed by atoms with Gasteiger partial charge in [0.15, 0.2) is 0 Å². The highest BCUT2D eigenvalue weighted by Crippen LogP contribution is 2.20. The van der Waals surface area contributed by atoms with Gasteiger partial charge < -0.3 is 19.9 Å². The summed E-state index contributed by atoms with van der Waals surface area (Å²) in [5.41, 5.74) is 1.05. The second-order valence-corrected chi connectivity index (χ2v) is 7.46. The maximum Gasteiger partial charge on any atom is 0.317 e. The third-order valence-electron chi connectivity index (χ3n) is 5.65. The van der Waals surface area contributed by atoms with Crippen LogP contribution in [-0.2, 0) is 11.2 Å². The van der Waals surface area contributed by atoms with Crippen molar-refractivity contribution in [2.24, 2.45) is 0 Å². The molecule has 0 aromatic heterocycles. The first-order chi connectivity index (χ1) is 13.2. The van der Waals surface area contributed by atoms with Crippen LogP contribution in [0.5, 0.6) is 5.75 Å². The van der Waals surface area contributed by atoms with Crippen molar-refractivity contribution in [2.45, 2.75) is 51.0 Å². The van der Waals surface area contributed by atoms with E-state index in [2.05, 4.69) is 5.32 Å². The number of benzene rings is 1. The number of nitrogens with one attached hydrogen (secondary N) is 1. The van der Waals surface area contributed by atoms with Gasteiger partial charge in [-0.25, -0.2) is 4.79 Å². The van der Waals surface area contributed by atoms with Gasteiger partial charge in [0.1, 0.15) is 5.75 Å². The van der Waals surface area contributed by atoms with E-state index >= 15 is 0 Å². The molecule has 3 rings (SSSR count). The number of ether oxygens (including phenoxy) is 1. The zero-order valence-electron chi connectivity index (χ0n) is 16.3. The highest BCUT2D eigenvalue weighted by Gasteiger charge is 2.25. The normalized spacial score (nSPS) is 18.3. The predicted octanol–water partition coefficient (Wildman–Crippen LogP) is 2.81. The Morgan fingerprint density at radius 3 is 2.41 bits per heavy atom. The molecule has 0 spiro atoms. The molecular weight excluding hydrogens is 342 g/mol. The molecule has 1 saturated heterocycles. The van der Waals surface area contributed by atoms with E-state index in [9.17, 15) is 9.59 Å². The maximum absolute atomic E-state index is 12.5. The van der Waals surface area contributed by atoms with Crippen LogP contribution >= 0.6 is 0 Å². The second kappa shape index (κ2) is 9.62. The largest absolute Gasteiger partial charge is 0.496 e. The third-order valence-corrected chi connectivity index (χ3v) is 5.65. The van der Waals surface area contributed by atoms with Crippen molar-refractivity contribution in [3.05, 3.63) is 29.8 Å². The van der Waals surface area contributed by atoms with Gasteiger partial charge in [-0.15, -0.1) is 0 Å². The summed E-state index contributed by atoms with van der Waals surface area (Å²) in [7, 11) is 1.65. The van der Waals surface area contributed by atoms with E-state index in [0.29, 0.717) is 45.1 Å². The molecule has 1 aliphatic carbocycles. The van der Waals surface area contributed by atoms with E-state index < -0.39 is 0 Å². The number of amides is 3. The van der Waals surface area contributed by atoms with Crippen LogP contribution in [0, 0.1) is 0 Å². The molecular formula is C21H31N3O3. The van der Waals surface area contributed by atoms with Crippen molar-refractivity contribution in [3.63, 3.8) is 0 Å². The van der Waals surface area contributed by atoms with E-state index in [1.54, 1.807) is 7.11 Å². The highest BCUT2D eigenvalue weighted by atomic mass is 16.5. The third kappa shape index (κ3) is 5.37. The van der Waals surface area contributed by atoms with Gasteiger partial charge in [-0.05, 0) is 30.9 Å². The van der Waals surface area contributed by atoms with Crippen molar-refractivity contribution in [1.82, 2.24) is 15.1 Å². The average Bonchev–Trinajstić information content (AvgIpc) is 2.73. The summed E-state index contributed by atoms with van der Waals surface area (Å²) < 4.78 is 5.35. The Balaban J connectivity index is 1.41. The smallest absolute Gasteiger partial charge is 0.317 e. The van der Waals surface area contributed by atoms with Gasteiger partial charge in [0.25, 0.3) is 0 Å². The molecule has 0 atom stereocenters. The Labute approximate surface area is 161 Å². The summed E-state index contributed by atoms with van der Waals surface area (Å²) in [6.45, 7) is 2.45. The number of para-hydroxylation sites is 1. The SMILES string of the molecule is COc1ccccc1CCC(=O)N1CCN(C(=O)NC2CCCCC2)CC1. The molecule has 1 aromatic rings. The molecule has 6 nitrogen and oxygen atoms in total. The van der Waals surface area contributed by atoms with Crippen molar-refractivity contribution in [2.75, 3.05) is 33.3 Å². The Hall–Kier alpha value is -2.24. The van der Waals surface area contributed by atoms with Gasteiger partial charge in [-0.1, -0.05) is 37.5 Å². The van der Waals surface area contributed by atoms with Crippen LogP contribution in [0.25, 0.3) is 0 Å². The van der Waals surface area contributed by atoms with Crippen LogP contribution in [0.15, 0.2) is 24.3 Å². The zero-order chi connectivity index (χ0) is 19.1. The molecule has 2 fully saturated rings. The van der Waals surface area contributed by atoms with Gasteiger partial charge in [0.2, 0.25) is 5.91 Å². The minimum atomic E-state index is 0.0306. The first-order valence-corrected chi connectivity index (χ1v) is 10.1. The van der Waals surface area contributed by atoms with Gasteiger partial charge in [-0.3, -0.25) is 4.79 Å². The molecule has 0 bridgehead atoms. The van der Waals surface area contributed by atoms with Crippen LogP contribution < -0.4 is 10.1 Å². The molecule has 1 heterocycles. The number of methoxy groups -OCH3 is 1. The molecule has 0 unspecified atom stereocenters. The van der Waals surface area contributed by atoms with Crippen molar-refractivity contribution in [3.8, 4) is 5.75 Å². The lowest BCUT2D eigenvalue weighted by Gasteiger charge is -2.36. The number of urea groups is 1. The van der Waals surface area contributed by atoms with Crippen molar-refractivity contribution < 1.29 is 14.3 Å². The fraction of sp³-hybridized carbons (Fsp3) is 0.619. The van der Waals surface area contributed by atoms with Crippen molar-refractivity contribution in [1.29, 1.82) is 0 Å². The summed E-state index contributed by atoms with van der Waals surface area (Å²) in [6.07, 6.45) is 7.01.